The number of hydroxylamine groups is 1. The van der Waals surface area contributed by atoms with Gasteiger partial charge in [0, 0.05) is 6.61 Å². The third kappa shape index (κ3) is 5.53. The van der Waals surface area contributed by atoms with Crippen LogP contribution in [-0.4, -0.2) is 24.3 Å². The first-order chi connectivity index (χ1) is 4.81. The molecule has 0 radical (unpaired) electrons. The highest BCUT2D eigenvalue weighted by atomic mass is 16.5. The second-order valence-electron chi connectivity index (χ2n) is 1.90. The van der Waals surface area contributed by atoms with Crippen molar-refractivity contribution in [3.05, 3.63) is 0 Å². The van der Waals surface area contributed by atoms with Gasteiger partial charge in [-0.3, -0.25) is 10.0 Å². The fraction of sp³-hybridized carbons (Fsp3) is 0.833. The van der Waals surface area contributed by atoms with Gasteiger partial charge in [-0.05, 0) is 6.42 Å². The molecule has 0 aromatic carbocycles. The number of carbonyl (C=O) groups excluding carboxylic acids is 1. The summed E-state index contributed by atoms with van der Waals surface area (Å²) in [5, 5.41) is 8.04. The van der Waals surface area contributed by atoms with Gasteiger partial charge in [-0.15, -0.1) is 0 Å². The van der Waals surface area contributed by atoms with Crippen LogP contribution in [0.2, 0.25) is 0 Å². The molecule has 0 saturated heterocycles. The number of carbonyl (C=O) groups is 1. The van der Waals surface area contributed by atoms with Gasteiger partial charge in [-0.2, -0.15) is 0 Å². The molecule has 0 aliphatic carbocycles. The molecule has 10 heavy (non-hydrogen) atoms. The molecule has 60 valence electrons. The maximum absolute atomic E-state index is 10.3. The van der Waals surface area contributed by atoms with Crippen molar-refractivity contribution in [3.63, 3.8) is 0 Å². The molecule has 1 amide bonds. The molecule has 0 aliphatic rings. The summed E-state index contributed by atoms with van der Waals surface area (Å²) in [5.74, 6) is -0.406. The average molecular weight is 147 g/mol. The lowest BCUT2D eigenvalue weighted by molar-refractivity contribution is -0.130. The molecule has 4 heteroatoms. The van der Waals surface area contributed by atoms with E-state index in [0.717, 1.165) is 6.42 Å². The Bertz CT molecular complexity index is 95.0. The van der Waals surface area contributed by atoms with Crippen molar-refractivity contribution in [3.8, 4) is 0 Å². The van der Waals surface area contributed by atoms with Crippen molar-refractivity contribution in [2.45, 2.75) is 19.8 Å². The summed E-state index contributed by atoms with van der Waals surface area (Å²) in [6.45, 7) is 3.03. The van der Waals surface area contributed by atoms with Crippen molar-refractivity contribution in [1.82, 2.24) is 5.48 Å². The molecule has 4 nitrogen and oxygen atoms in total. The van der Waals surface area contributed by atoms with E-state index in [9.17, 15) is 4.79 Å². The highest BCUT2D eigenvalue weighted by Gasteiger charge is 1.96. The largest absolute Gasteiger partial charge is 0.381 e. The molecule has 0 aromatic rings. The van der Waals surface area contributed by atoms with Crippen LogP contribution in [0, 0.1) is 0 Å². The maximum atomic E-state index is 10.3. The summed E-state index contributed by atoms with van der Waals surface area (Å²) in [5.41, 5.74) is 1.52. The second kappa shape index (κ2) is 6.51. The molecule has 0 saturated carbocycles. The standard InChI is InChI=1S/C6H13NO3/c1-2-4-10-5-3-6(8)7-9/h9H,2-5H2,1H3,(H,7,8). The molecule has 0 heterocycles. The molecule has 0 aromatic heterocycles. The molecule has 0 spiro atoms. The van der Waals surface area contributed by atoms with Crippen LogP contribution in [0.5, 0.6) is 0 Å². The van der Waals surface area contributed by atoms with Crippen molar-refractivity contribution in [1.29, 1.82) is 0 Å². The number of hydrogen-bond acceptors (Lipinski definition) is 3. The van der Waals surface area contributed by atoms with Crippen molar-refractivity contribution in [2.75, 3.05) is 13.2 Å². The molecule has 0 fully saturated rings. The van der Waals surface area contributed by atoms with Gasteiger partial charge in [-0.25, -0.2) is 5.48 Å². The van der Waals surface area contributed by atoms with Crippen LogP contribution in [0.15, 0.2) is 0 Å². The Hall–Kier alpha value is -0.610. The van der Waals surface area contributed by atoms with E-state index in [4.69, 9.17) is 9.94 Å². The Balaban J connectivity index is 2.96. The van der Waals surface area contributed by atoms with Crippen LogP contribution in [0.4, 0.5) is 0 Å². The predicted molar refractivity (Wildman–Crippen MR) is 35.7 cm³/mol. The lowest BCUT2D eigenvalue weighted by Gasteiger charge is -1.99. The molecular formula is C6H13NO3. The maximum Gasteiger partial charge on any atom is 0.245 e. The third-order valence-electron chi connectivity index (χ3n) is 0.947. The van der Waals surface area contributed by atoms with E-state index in [1.807, 2.05) is 6.92 Å². The molecule has 2 N–H and O–H groups in total. The van der Waals surface area contributed by atoms with Crippen LogP contribution < -0.4 is 5.48 Å². The Morgan fingerprint density at radius 3 is 2.80 bits per heavy atom. The smallest absolute Gasteiger partial charge is 0.245 e. The zero-order valence-corrected chi connectivity index (χ0v) is 6.09. The van der Waals surface area contributed by atoms with Gasteiger partial charge in [0.2, 0.25) is 5.91 Å². The summed E-state index contributed by atoms with van der Waals surface area (Å²) >= 11 is 0. The molecule has 0 atom stereocenters. The van der Waals surface area contributed by atoms with Crippen LogP contribution in [0.3, 0.4) is 0 Å². The fourth-order valence-electron chi connectivity index (χ4n) is 0.467. The van der Waals surface area contributed by atoms with Crippen LogP contribution in [0.25, 0.3) is 0 Å². The number of hydrogen-bond donors (Lipinski definition) is 2. The third-order valence-corrected chi connectivity index (χ3v) is 0.947. The minimum atomic E-state index is -0.406. The second-order valence-corrected chi connectivity index (χ2v) is 1.90. The molecular weight excluding hydrogens is 134 g/mol. The van der Waals surface area contributed by atoms with Gasteiger partial charge in [0.05, 0.1) is 13.0 Å². The number of rotatable bonds is 5. The predicted octanol–water partition coefficient (Wildman–Crippen LogP) is 0.308. The van der Waals surface area contributed by atoms with Crippen molar-refractivity contribution in [2.24, 2.45) is 0 Å². The SMILES string of the molecule is CCCOCCC(=O)NO. The molecule has 0 unspecified atom stereocenters. The summed E-state index contributed by atoms with van der Waals surface area (Å²) in [6, 6.07) is 0. The minimum absolute atomic E-state index is 0.219. The van der Waals surface area contributed by atoms with E-state index >= 15 is 0 Å². The average Bonchev–Trinajstić information content (AvgIpc) is 1.98. The minimum Gasteiger partial charge on any atom is -0.381 e. The van der Waals surface area contributed by atoms with Crippen molar-refractivity contribution < 1.29 is 14.7 Å². The Morgan fingerprint density at radius 2 is 2.30 bits per heavy atom. The normalized spacial score (nSPS) is 9.40. The number of ether oxygens (including phenoxy) is 1. The molecule has 0 aliphatic heterocycles. The van der Waals surface area contributed by atoms with E-state index in [2.05, 4.69) is 0 Å². The monoisotopic (exact) mass is 147 g/mol. The molecule has 0 bridgehead atoms. The number of amides is 1. The van der Waals surface area contributed by atoms with Gasteiger partial charge in [0.25, 0.3) is 0 Å². The van der Waals surface area contributed by atoms with Gasteiger partial charge >= 0.3 is 0 Å². The topological polar surface area (TPSA) is 58.6 Å². The summed E-state index contributed by atoms with van der Waals surface area (Å²) in [4.78, 5) is 10.3. The first-order valence-corrected chi connectivity index (χ1v) is 3.32. The van der Waals surface area contributed by atoms with E-state index < -0.39 is 5.91 Å². The lowest BCUT2D eigenvalue weighted by Crippen LogP contribution is -2.20. The summed E-state index contributed by atoms with van der Waals surface area (Å²) in [6.07, 6.45) is 1.16. The van der Waals surface area contributed by atoms with Crippen molar-refractivity contribution >= 4 is 5.91 Å². The summed E-state index contributed by atoms with van der Waals surface area (Å²) < 4.78 is 4.98. The highest BCUT2D eigenvalue weighted by Crippen LogP contribution is 1.84. The zero-order chi connectivity index (χ0) is 7.82. The van der Waals surface area contributed by atoms with E-state index in [0.29, 0.717) is 13.2 Å². The fourth-order valence-corrected chi connectivity index (χ4v) is 0.467. The first-order valence-electron chi connectivity index (χ1n) is 3.32. The quantitative estimate of drug-likeness (QED) is 0.334. The lowest BCUT2D eigenvalue weighted by atomic mass is 10.4. The Kier molecular flexibility index (Phi) is 6.11. The van der Waals surface area contributed by atoms with E-state index in [1.54, 1.807) is 0 Å². The first kappa shape index (κ1) is 9.39. The van der Waals surface area contributed by atoms with Gasteiger partial charge in [-0.1, -0.05) is 6.92 Å². The van der Waals surface area contributed by atoms with Gasteiger partial charge < -0.3 is 4.74 Å². The zero-order valence-electron chi connectivity index (χ0n) is 6.09. The van der Waals surface area contributed by atoms with Gasteiger partial charge in [0.15, 0.2) is 0 Å². The van der Waals surface area contributed by atoms with Crippen LogP contribution in [-0.2, 0) is 9.53 Å². The highest BCUT2D eigenvalue weighted by molar-refractivity contribution is 5.74. The summed E-state index contributed by atoms with van der Waals surface area (Å²) in [7, 11) is 0. The van der Waals surface area contributed by atoms with Gasteiger partial charge in [0.1, 0.15) is 0 Å². The van der Waals surface area contributed by atoms with E-state index in [1.165, 1.54) is 5.48 Å². The Morgan fingerprint density at radius 1 is 1.60 bits per heavy atom. The van der Waals surface area contributed by atoms with Crippen LogP contribution >= 0.6 is 0 Å². The van der Waals surface area contributed by atoms with E-state index in [-0.39, 0.29) is 6.42 Å². The Labute approximate surface area is 60.1 Å². The van der Waals surface area contributed by atoms with Crippen LogP contribution in [0.1, 0.15) is 19.8 Å². The molecule has 0 rings (SSSR count). The number of nitrogens with one attached hydrogen (secondary N) is 1.